The van der Waals surface area contributed by atoms with Gasteiger partial charge in [0.25, 0.3) is 5.91 Å². The van der Waals surface area contributed by atoms with Crippen molar-refractivity contribution in [3.8, 4) is 0 Å². The van der Waals surface area contributed by atoms with Gasteiger partial charge in [-0.25, -0.2) is 4.79 Å². The number of ether oxygens (including phenoxy) is 1. The van der Waals surface area contributed by atoms with E-state index in [2.05, 4.69) is 58.5 Å². The van der Waals surface area contributed by atoms with E-state index in [0.717, 1.165) is 20.8 Å². The lowest BCUT2D eigenvalue weighted by Crippen LogP contribution is -2.63. The lowest BCUT2D eigenvalue weighted by atomic mass is 10.0. The van der Waals surface area contributed by atoms with E-state index >= 15 is 0 Å². The first-order valence-corrected chi connectivity index (χ1v) is 28.9. The Morgan fingerprint density at radius 1 is 0.489 bits per heavy atom. The number of primary amides is 2. The molecule has 37 heteroatoms. The molecule has 12 atom stereocenters. The standard InChI is InChI=1S/C55H86N14O23/c1-26(2)19-34(48(84)66-37(23-70)51(87)61-31(13-9-10-18-56)47(83)62-33(14-16-39(57)75)55(91)92-25-40(58)76)63-49(85)36(21-43(80)81)64-52(88)38(24-71)67-54(90)45(28(4)73)69-50(86)35(20-30-11-7-6-8-12-30)65-53(89)44(27(3)72)68-41(77)22-59-46(82)32(60-29(5)74)15-17-42(78)79/h6-8,11-12,26-28,31-38,44-45,70-73H,9-10,13-25,56H2,1-5H3,(H2,57,75)(H2,58,76)(H,59,82)(H,60,74)(H,61,87)(H,62,83)(H,63,85)(H,64,88)(H,65,89)(H,66,84)(H,67,90)(H,68,77)(H,69,86)(H,78,79)(H,80,81)/t27-,28-,31+,32+,33+,34+,35+,36+,37+,38+,44+,45+/m1/s1. The van der Waals surface area contributed by atoms with Crippen LogP contribution < -0.4 is 75.7 Å². The van der Waals surface area contributed by atoms with Gasteiger partial charge in [-0.05, 0) is 70.4 Å². The zero-order chi connectivity index (χ0) is 69.9. The highest BCUT2D eigenvalue weighted by Crippen LogP contribution is 2.11. The summed E-state index contributed by atoms with van der Waals surface area (Å²) in [4.78, 5) is 206. The molecule has 0 spiro atoms. The molecule has 0 saturated heterocycles. The van der Waals surface area contributed by atoms with Crippen molar-refractivity contribution in [2.45, 2.75) is 171 Å². The van der Waals surface area contributed by atoms with Crippen molar-refractivity contribution >= 4 is 94.7 Å². The largest absolute Gasteiger partial charge is 0.481 e. The molecule has 514 valence electrons. The number of carboxylic acid groups (broad SMARTS) is 2. The smallest absolute Gasteiger partial charge is 0.329 e. The second-order valence-electron chi connectivity index (χ2n) is 21.5. The molecule has 0 aliphatic carbocycles. The van der Waals surface area contributed by atoms with Crippen molar-refractivity contribution < 1.29 is 112 Å². The van der Waals surface area contributed by atoms with Crippen LogP contribution in [0.2, 0.25) is 0 Å². The fourth-order valence-electron chi connectivity index (χ4n) is 8.32. The van der Waals surface area contributed by atoms with Crippen LogP contribution in [-0.4, -0.2) is 231 Å². The predicted octanol–water partition coefficient (Wildman–Crippen LogP) is -9.23. The fourth-order valence-corrected chi connectivity index (χ4v) is 8.32. The first-order valence-electron chi connectivity index (χ1n) is 28.9. The van der Waals surface area contributed by atoms with Crippen molar-refractivity contribution in [2.75, 3.05) is 32.9 Å². The summed E-state index contributed by atoms with van der Waals surface area (Å²) in [5.41, 5.74) is 16.2. The van der Waals surface area contributed by atoms with Crippen LogP contribution in [0.5, 0.6) is 0 Å². The summed E-state index contributed by atoms with van der Waals surface area (Å²) >= 11 is 0. The van der Waals surface area contributed by atoms with Crippen molar-refractivity contribution in [1.82, 2.24) is 58.5 Å². The van der Waals surface area contributed by atoms with Gasteiger partial charge in [0.2, 0.25) is 70.9 Å². The van der Waals surface area contributed by atoms with E-state index in [1.165, 1.54) is 12.1 Å². The van der Waals surface area contributed by atoms with Gasteiger partial charge in [-0.2, -0.15) is 0 Å². The van der Waals surface area contributed by atoms with Gasteiger partial charge in [-0.1, -0.05) is 44.2 Å². The number of rotatable bonds is 44. The van der Waals surface area contributed by atoms with Gasteiger partial charge < -0.3 is 111 Å². The average molecular weight is 1310 g/mol. The number of carboxylic acids is 2. The monoisotopic (exact) mass is 1310 g/mol. The number of nitrogens with one attached hydrogen (secondary N) is 11. The van der Waals surface area contributed by atoms with Crippen molar-refractivity contribution in [2.24, 2.45) is 23.1 Å². The number of hydrogen-bond donors (Lipinski definition) is 20. The Kier molecular flexibility index (Phi) is 36.6. The maximum atomic E-state index is 14.1. The second-order valence-corrected chi connectivity index (χ2v) is 21.5. The summed E-state index contributed by atoms with van der Waals surface area (Å²) in [6.45, 7) is 2.36. The maximum Gasteiger partial charge on any atom is 0.329 e. The van der Waals surface area contributed by atoms with E-state index in [1.807, 2.05) is 0 Å². The normalized spacial score (nSPS) is 14.9. The molecule has 0 bridgehead atoms. The summed E-state index contributed by atoms with van der Waals surface area (Å²) in [5.74, 6) is -19.2. The average Bonchev–Trinajstić information content (AvgIpc) is 1.21. The van der Waals surface area contributed by atoms with E-state index in [1.54, 1.807) is 32.0 Å². The van der Waals surface area contributed by atoms with E-state index in [4.69, 9.17) is 27.0 Å². The molecule has 23 N–H and O–H groups in total. The van der Waals surface area contributed by atoms with Crippen LogP contribution in [0, 0.1) is 5.92 Å². The SMILES string of the molecule is CC(=O)N[C@@H](CCC(=O)O)C(=O)NCC(=O)N[C@H](C(=O)N[C@@H](Cc1ccccc1)C(=O)N[C@H](C(=O)N[C@@H](CO)C(=O)N[C@@H](CC(=O)O)C(=O)N[C@@H](CC(C)C)C(=O)N[C@@H](CO)C(=O)N[C@@H](CCCCN)C(=O)N[C@@H](CCC(N)=O)C(=O)OCC(N)=O)[C@@H](C)O)[C@@H](C)O. The Labute approximate surface area is 527 Å². The Morgan fingerprint density at radius 3 is 1.45 bits per heavy atom. The van der Waals surface area contributed by atoms with Crippen LogP contribution in [0.25, 0.3) is 0 Å². The molecule has 0 aromatic heterocycles. The number of aliphatic carboxylic acids is 2. The minimum Gasteiger partial charge on any atom is -0.481 e. The van der Waals surface area contributed by atoms with Gasteiger partial charge in [-0.15, -0.1) is 0 Å². The molecule has 0 aliphatic heterocycles. The molecule has 0 aliphatic rings. The predicted molar refractivity (Wildman–Crippen MR) is 316 cm³/mol. The molecule has 0 radical (unpaired) electrons. The Morgan fingerprint density at radius 2 is 0.946 bits per heavy atom. The molecule has 1 rings (SSSR count). The van der Waals surface area contributed by atoms with Gasteiger partial charge in [0, 0.05) is 26.2 Å². The maximum absolute atomic E-state index is 14.1. The zero-order valence-electron chi connectivity index (χ0n) is 51.4. The number of nitrogens with two attached hydrogens (primary N) is 3. The minimum atomic E-state index is -2.10. The van der Waals surface area contributed by atoms with Crippen LogP contribution in [0.3, 0.4) is 0 Å². The van der Waals surface area contributed by atoms with Gasteiger partial charge in [0.1, 0.15) is 60.4 Å². The first-order chi connectivity index (χ1) is 43.1. The third-order valence-corrected chi connectivity index (χ3v) is 13.0. The summed E-state index contributed by atoms with van der Waals surface area (Å²) < 4.78 is 4.78. The van der Waals surface area contributed by atoms with E-state index < -0.39 is 225 Å². The minimum absolute atomic E-state index is 0.142. The number of aliphatic hydroxyl groups excluding tert-OH is 4. The van der Waals surface area contributed by atoms with Crippen LogP contribution in [-0.2, 0) is 87.9 Å². The van der Waals surface area contributed by atoms with Gasteiger partial charge in [0.15, 0.2) is 6.61 Å². The summed E-state index contributed by atoms with van der Waals surface area (Å²) in [6, 6.07) is -9.89. The van der Waals surface area contributed by atoms with Crippen molar-refractivity contribution in [3.63, 3.8) is 0 Å². The summed E-state index contributed by atoms with van der Waals surface area (Å²) in [7, 11) is 0. The van der Waals surface area contributed by atoms with Crippen molar-refractivity contribution in [3.05, 3.63) is 35.9 Å². The molecule has 0 fully saturated rings. The van der Waals surface area contributed by atoms with Crippen LogP contribution in [0.15, 0.2) is 30.3 Å². The quantitative estimate of drug-likeness (QED) is 0.0213. The third kappa shape index (κ3) is 31.3. The van der Waals surface area contributed by atoms with E-state index in [9.17, 15) is 102 Å². The zero-order valence-corrected chi connectivity index (χ0v) is 51.4. The number of hydrogen-bond acceptors (Lipinski definition) is 22. The van der Waals surface area contributed by atoms with E-state index in [-0.39, 0.29) is 38.6 Å². The number of carbonyl (C=O) groups excluding carboxylic acids is 14. The number of carbonyl (C=O) groups is 16. The highest BCUT2D eigenvalue weighted by atomic mass is 16.5. The van der Waals surface area contributed by atoms with Gasteiger partial charge >= 0.3 is 17.9 Å². The lowest BCUT2D eigenvalue weighted by Gasteiger charge is -2.28. The molecule has 1 aromatic rings. The second kappa shape index (κ2) is 41.8. The molecule has 13 amide bonds. The molecular formula is C55H86N14O23. The highest BCUT2D eigenvalue weighted by molar-refractivity contribution is 6.00. The lowest BCUT2D eigenvalue weighted by molar-refractivity contribution is -0.151. The van der Waals surface area contributed by atoms with Crippen LogP contribution in [0.1, 0.15) is 98.0 Å². The number of amides is 13. The Hall–Kier alpha value is -9.46. The first kappa shape index (κ1) is 80.6. The summed E-state index contributed by atoms with van der Waals surface area (Å²) in [6.07, 6.45) is -6.65. The number of aliphatic hydroxyl groups is 4. The summed E-state index contributed by atoms with van der Waals surface area (Å²) in [5, 5.41) is 85.2. The Bertz CT molecular complexity index is 2740. The van der Waals surface area contributed by atoms with Gasteiger partial charge in [-0.3, -0.25) is 71.9 Å². The number of unbranched alkanes of at least 4 members (excludes halogenated alkanes) is 1. The highest BCUT2D eigenvalue weighted by Gasteiger charge is 2.38. The molecule has 0 unspecified atom stereocenters. The van der Waals surface area contributed by atoms with Crippen LogP contribution in [0.4, 0.5) is 0 Å². The number of esters is 1. The molecule has 92 heavy (non-hydrogen) atoms. The van der Waals surface area contributed by atoms with Crippen molar-refractivity contribution in [1.29, 1.82) is 0 Å². The third-order valence-electron chi connectivity index (χ3n) is 13.0. The topological polar surface area (TPSA) is 614 Å². The number of benzene rings is 1. The molecule has 0 saturated carbocycles. The van der Waals surface area contributed by atoms with Crippen LogP contribution >= 0.6 is 0 Å². The molecule has 37 nitrogen and oxygen atoms in total. The Balaban J connectivity index is 3.40. The molecule has 0 heterocycles. The molecule has 1 aromatic carbocycles. The van der Waals surface area contributed by atoms with Gasteiger partial charge in [0.05, 0.1) is 38.4 Å². The molecular weight excluding hydrogens is 1220 g/mol. The van der Waals surface area contributed by atoms with E-state index in [0.29, 0.717) is 12.0 Å². The fraction of sp³-hybridized carbons (Fsp3) is 0.600.